The van der Waals surface area contributed by atoms with Crippen LogP contribution in [0.25, 0.3) is 32.3 Å². The smallest absolute Gasteiger partial charge is 0.112 e. The fourth-order valence-corrected chi connectivity index (χ4v) is 4.41. The highest BCUT2D eigenvalue weighted by Crippen LogP contribution is 2.44. The van der Waals surface area contributed by atoms with Crippen molar-refractivity contribution in [3.8, 4) is 0 Å². The Kier molecular flexibility index (Phi) is 3.33. The Bertz CT molecular complexity index is 1140. The highest BCUT2D eigenvalue weighted by Gasteiger charge is 2.40. The molecule has 0 spiro atoms. The normalized spacial score (nSPS) is 25.7. The summed E-state index contributed by atoms with van der Waals surface area (Å²) in [5.74, 6) is 0. The van der Waals surface area contributed by atoms with Gasteiger partial charge in [0.2, 0.25) is 0 Å². The number of hydrogen-bond donors (Lipinski definition) is 4. The van der Waals surface area contributed by atoms with Gasteiger partial charge in [-0.2, -0.15) is 0 Å². The van der Waals surface area contributed by atoms with E-state index in [2.05, 4.69) is 18.2 Å². The van der Waals surface area contributed by atoms with Crippen LogP contribution in [0.1, 0.15) is 23.3 Å². The first-order valence-corrected chi connectivity index (χ1v) is 8.75. The monoisotopic (exact) mass is 345 g/mol. The summed E-state index contributed by atoms with van der Waals surface area (Å²) in [7, 11) is 0. The van der Waals surface area contributed by atoms with Crippen molar-refractivity contribution in [3.05, 3.63) is 71.8 Å². The summed E-state index contributed by atoms with van der Waals surface area (Å²) in [5.41, 5.74) is 7.63. The second-order valence-corrected chi connectivity index (χ2v) is 7.03. The molecule has 4 nitrogen and oxygen atoms in total. The molecule has 1 aliphatic carbocycles. The third kappa shape index (κ3) is 1.93. The molecule has 26 heavy (non-hydrogen) atoms. The Morgan fingerprint density at radius 1 is 0.615 bits per heavy atom. The molecule has 0 radical (unpaired) electrons. The highest BCUT2D eigenvalue weighted by atomic mass is 16.4. The first-order valence-electron chi connectivity index (χ1n) is 8.75. The largest absolute Gasteiger partial charge is 0.388 e. The van der Waals surface area contributed by atoms with E-state index in [1.54, 1.807) is 0 Å². The van der Waals surface area contributed by atoms with Gasteiger partial charge in [-0.25, -0.2) is 0 Å². The predicted molar refractivity (Wildman–Crippen MR) is 103 cm³/mol. The van der Waals surface area contributed by atoms with E-state index in [1.165, 1.54) is 0 Å². The number of rotatable bonds is 0. The minimum Gasteiger partial charge on any atom is -0.388 e. The fraction of sp³-hybridized carbons (Fsp3) is 0.182. The molecular formula is C22H19NO3. The van der Waals surface area contributed by atoms with Crippen LogP contribution in [0.15, 0.2) is 60.7 Å². The summed E-state index contributed by atoms with van der Waals surface area (Å²) >= 11 is 0. The van der Waals surface area contributed by atoms with E-state index < -0.39 is 24.4 Å². The Labute approximate surface area is 150 Å². The van der Waals surface area contributed by atoms with Crippen molar-refractivity contribution in [2.24, 2.45) is 5.73 Å². The van der Waals surface area contributed by atoms with Gasteiger partial charge in [-0.1, -0.05) is 60.7 Å². The molecule has 0 saturated heterocycles. The molecule has 5 N–H and O–H groups in total. The first-order chi connectivity index (χ1) is 12.6. The summed E-state index contributed by atoms with van der Waals surface area (Å²) in [6.45, 7) is 0. The lowest BCUT2D eigenvalue weighted by atomic mass is 9.78. The number of fused-ring (bicyclic) bond motifs is 8. The number of hydrogen-bond acceptors (Lipinski definition) is 4. The van der Waals surface area contributed by atoms with Crippen LogP contribution in [-0.4, -0.2) is 27.5 Å². The molecule has 1 aliphatic rings. The topological polar surface area (TPSA) is 86.7 Å². The zero-order valence-corrected chi connectivity index (χ0v) is 14.0. The van der Waals surface area contributed by atoms with Crippen molar-refractivity contribution < 1.29 is 15.3 Å². The van der Waals surface area contributed by atoms with Gasteiger partial charge in [-0.15, -0.1) is 0 Å². The number of aliphatic hydroxyl groups is 3. The zero-order chi connectivity index (χ0) is 18.0. The van der Waals surface area contributed by atoms with Gasteiger partial charge in [-0.3, -0.25) is 0 Å². The maximum Gasteiger partial charge on any atom is 0.112 e. The standard InChI is InChI=1S/C22H19NO3/c23-19-18-16(20(24)22(26)21(19)25)10-9-15-13-7-2-1-5-11(13)12-6-3-4-8-14(12)17(15)18/h1-10,19-22,24-26H,23H2/t19-,20+,21-,22-/m0/s1. The lowest BCUT2D eigenvalue weighted by Gasteiger charge is -2.36. The molecule has 0 aliphatic heterocycles. The van der Waals surface area contributed by atoms with Crippen LogP contribution in [0.2, 0.25) is 0 Å². The summed E-state index contributed by atoms with van der Waals surface area (Å²) in [6, 6.07) is 19.3. The van der Waals surface area contributed by atoms with Crippen molar-refractivity contribution in [1.29, 1.82) is 0 Å². The summed E-state index contributed by atoms with van der Waals surface area (Å²) < 4.78 is 0. The average Bonchev–Trinajstić information content (AvgIpc) is 2.70. The summed E-state index contributed by atoms with van der Waals surface area (Å²) in [4.78, 5) is 0. The van der Waals surface area contributed by atoms with Gasteiger partial charge >= 0.3 is 0 Å². The Morgan fingerprint density at radius 3 is 1.73 bits per heavy atom. The van der Waals surface area contributed by atoms with Crippen LogP contribution in [-0.2, 0) is 0 Å². The molecule has 0 bridgehead atoms. The van der Waals surface area contributed by atoms with E-state index in [1.807, 2.05) is 42.5 Å². The van der Waals surface area contributed by atoms with Crippen molar-refractivity contribution in [2.75, 3.05) is 0 Å². The van der Waals surface area contributed by atoms with Crippen LogP contribution in [0.4, 0.5) is 0 Å². The molecule has 5 rings (SSSR count). The van der Waals surface area contributed by atoms with E-state index in [0.717, 1.165) is 37.9 Å². The van der Waals surface area contributed by atoms with Crippen LogP contribution in [0.5, 0.6) is 0 Å². The summed E-state index contributed by atoms with van der Waals surface area (Å²) in [6.07, 6.45) is -3.66. The van der Waals surface area contributed by atoms with Crippen LogP contribution in [0.3, 0.4) is 0 Å². The second-order valence-electron chi connectivity index (χ2n) is 7.03. The van der Waals surface area contributed by atoms with Crippen LogP contribution >= 0.6 is 0 Å². The molecule has 0 saturated carbocycles. The van der Waals surface area contributed by atoms with E-state index in [0.29, 0.717) is 5.56 Å². The van der Waals surface area contributed by atoms with Crippen molar-refractivity contribution in [1.82, 2.24) is 0 Å². The lowest BCUT2D eigenvalue weighted by Crippen LogP contribution is -2.45. The van der Waals surface area contributed by atoms with E-state index in [9.17, 15) is 15.3 Å². The van der Waals surface area contributed by atoms with E-state index in [-0.39, 0.29) is 0 Å². The molecular weight excluding hydrogens is 326 g/mol. The Balaban J connectivity index is 2.06. The average molecular weight is 345 g/mol. The molecule has 4 aromatic carbocycles. The van der Waals surface area contributed by atoms with Gasteiger partial charge in [-0.05, 0) is 43.4 Å². The minimum atomic E-state index is -1.29. The number of benzene rings is 4. The maximum atomic E-state index is 10.5. The lowest BCUT2D eigenvalue weighted by molar-refractivity contribution is -0.0793. The third-order valence-corrected chi connectivity index (χ3v) is 5.68. The third-order valence-electron chi connectivity index (χ3n) is 5.68. The molecule has 4 atom stereocenters. The van der Waals surface area contributed by atoms with Gasteiger partial charge in [0, 0.05) is 0 Å². The Morgan fingerprint density at radius 2 is 1.12 bits per heavy atom. The van der Waals surface area contributed by atoms with Crippen LogP contribution in [0, 0.1) is 0 Å². The van der Waals surface area contributed by atoms with Gasteiger partial charge in [0.25, 0.3) is 0 Å². The van der Waals surface area contributed by atoms with Gasteiger partial charge in [0.1, 0.15) is 18.3 Å². The van der Waals surface area contributed by atoms with Gasteiger partial charge in [0.05, 0.1) is 6.04 Å². The molecule has 0 aromatic heterocycles. The maximum absolute atomic E-state index is 10.5. The molecule has 4 heteroatoms. The van der Waals surface area contributed by atoms with Crippen LogP contribution < -0.4 is 5.73 Å². The van der Waals surface area contributed by atoms with Gasteiger partial charge < -0.3 is 21.1 Å². The minimum absolute atomic E-state index is 0.586. The Hall–Kier alpha value is -2.50. The van der Waals surface area contributed by atoms with E-state index >= 15 is 0 Å². The number of aliphatic hydroxyl groups excluding tert-OH is 3. The molecule has 0 unspecified atom stereocenters. The SMILES string of the molecule is N[C@H]1c2c(ccc3c4ccccc4c4ccccc4c23)[C@@H](O)[C@H](O)[C@H]1O. The zero-order valence-electron chi connectivity index (χ0n) is 14.0. The van der Waals surface area contributed by atoms with Crippen molar-refractivity contribution >= 4 is 32.3 Å². The van der Waals surface area contributed by atoms with Gasteiger partial charge in [0.15, 0.2) is 0 Å². The quantitative estimate of drug-likeness (QED) is 0.369. The number of nitrogens with two attached hydrogens (primary N) is 1. The molecule has 4 aromatic rings. The summed E-state index contributed by atoms with van der Waals surface area (Å²) in [5, 5.41) is 37.4. The van der Waals surface area contributed by atoms with Crippen molar-refractivity contribution in [3.63, 3.8) is 0 Å². The molecule has 0 heterocycles. The van der Waals surface area contributed by atoms with E-state index in [4.69, 9.17) is 5.73 Å². The van der Waals surface area contributed by atoms with Crippen molar-refractivity contribution in [2.45, 2.75) is 24.4 Å². The molecule has 130 valence electrons. The molecule has 0 amide bonds. The second kappa shape index (κ2) is 5.50. The fourth-order valence-electron chi connectivity index (χ4n) is 4.41. The first kappa shape index (κ1) is 15.7. The highest BCUT2D eigenvalue weighted by molar-refractivity contribution is 6.26. The predicted octanol–water partition coefficient (Wildman–Crippen LogP) is 2.91. The molecule has 0 fully saturated rings.